The zero-order valence-corrected chi connectivity index (χ0v) is 13.2. The lowest BCUT2D eigenvalue weighted by Crippen LogP contribution is -2.45. The average Bonchev–Trinajstić information content (AvgIpc) is 2.78. The molecule has 2 heterocycles. The Bertz CT molecular complexity index is 655. The molecule has 114 valence electrons. The van der Waals surface area contributed by atoms with E-state index >= 15 is 0 Å². The van der Waals surface area contributed by atoms with Gasteiger partial charge in [0.1, 0.15) is 12.1 Å². The summed E-state index contributed by atoms with van der Waals surface area (Å²) in [5, 5.41) is 13.7. The monoisotopic (exact) mass is 290 g/mol. The number of carboxylic acids is 1. The van der Waals surface area contributed by atoms with Crippen molar-refractivity contribution < 1.29 is 9.90 Å². The maximum atomic E-state index is 11.2. The van der Waals surface area contributed by atoms with Crippen molar-refractivity contribution in [2.75, 3.05) is 11.4 Å². The Kier molecular flexibility index (Phi) is 3.89. The van der Waals surface area contributed by atoms with Crippen LogP contribution in [0.4, 0.5) is 5.82 Å². The zero-order chi connectivity index (χ0) is 15.8. The first-order valence-corrected chi connectivity index (χ1v) is 7.04. The van der Waals surface area contributed by atoms with Gasteiger partial charge in [0.2, 0.25) is 0 Å². The molecule has 0 aliphatic carbocycles. The molecule has 2 rings (SSSR count). The molecule has 0 bridgehead atoms. The zero-order valence-electron chi connectivity index (χ0n) is 13.2. The molecule has 21 heavy (non-hydrogen) atoms. The van der Waals surface area contributed by atoms with Crippen molar-refractivity contribution in [2.45, 2.75) is 46.1 Å². The van der Waals surface area contributed by atoms with E-state index in [-0.39, 0.29) is 12.1 Å². The molecule has 2 aromatic rings. The van der Waals surface area contributed by atoms with E-state index in [9.17, 15) is 9.90 Å². The first-order valence-electron chi connectivity index (χ1n) is 7.04. The van der Waals surface area contributed by atoms with E-state index in [4.69, 9.17) is 0 Å². The molecule has 0 aliphatic rings. The second-order valence-corrected chi connectivity index (χ2v) is 6.46. The summed E-state index contributed by atoms with van der Waals surface area (Å²) in [5.41, 5.74) is 1.45. The van der Waals surface area contributed by atoms with Gasteiger partial charge in [0, 0.05) is 17.9 Å². The Morgan fingerprint density at radius 2 is 2.10 bits per heavy atom. The number of fused-ring (bicyclic) bond motifs is 1. The highest BCUT2D eigenvalue weighted by atomic mass is 16.4. The molecule has 0 spiro atoms. The first-order chi connectivity index (χ1) is 9.70. The smallest absolute Gasteiger partial charge is 0.323 e. The summed E-state index contributed by atoms with van der Waals surface area (Å²) in [5.74, 6) is 0.0736. The van der Waals surface area contributed by atoms with E-state index in [1.54, 1.807) is 21.8 Å². The molecule has 6 nitrogen and oxygen atoms in total. The third kappa shape index (κ3) is 3.15. The molecule has 0 radical (unpaired) electrons. The van der Waals surface area contributed by atoms with Gasteiger partial charge in [0.25, 0.3) is 0 Å². The van der Waals surface area contributed by atoms with Crippen LogP contribution in [0.3, 0.4) is 0 Å². The Labute approximate surface area is 124 Å². The predicted octanol–water partition coefficient (Wildman–Crippen LogP) is 2.54. The minimum Gasteiger partial charge on any atom is -0.480 e. The number of carboxylic acid groups (broad SMARTS) is 1. The summed E-state index contributed by atoms with van der Waals surface area (Å²) >= 11 is 0. The second kappa shape index (κ2) is 5.35. The van der Waals surface area contributed by atoms with Crippen LogP contribution in [0.15, 0.2) is 18.5 Å². The highest BCUT2D eigenvalue weighted by Crippen LogP contribution is 2.27. The number of aromatic nitrogens is 3. The number of rotatable bonds is 4. The van der Waals surface area contributed by atoms with Crippen molar-refractivity contribution in [3.05, 3.63) is 24.2 Å². The van der Waals surface area contributed by atoms with Crippen LogP contribution in [-0.4, -0.2) is 37.8 Å². The van der Waals surface area contributed by atoms with E-state index < -0.39 is 5.97 Å². The van der Waals surface area contributed by atoms with Crippen LogP contribution in [0, 0.1) is 0 Å². The largest absolute Gasteiger partial charge is 0.480 e. The number of carbonyl (C=O) groups is 1. The Balaban J connectivity index is 2.59. The summed E-state index contributed by atoms with van der Waals surface area (Å²) < 4.78 is 1.76. The minimum absolute atomic E-state index is 0.0988. The molecule has 0 saturated heterocycles. The van der Waals surface area contributed by atoms with Crippen LogP contribution >= 0.6 is 0 Å². The molecule has 6 heteroatoms. The van der Waals surface area contributed by atoms with E-state index in [2.05, 4.69) is 23.9 Å². The van der Waals surface area contributed by atoms with Crippen molar-refractivity contribution in [1.82, 2.24) is 14.6 Å². The van der Waals surface area contributed by atoms with Crippen molar-refractivity contribution in [2.24, 2.45) is 0 Å². The van der Waals surface area contributed by atoms with Crippen LogP contribution in [0.25, 0.3) is 5.52 Å². The first kappa shape index (κ1) is 15.3. The van der Waals surface area contributed by atoms with Gasteiger partial charge >= 0.3 is 5.97 Å². The standard InChI is InChI=1S/C15H22N4O2/c1-10(2)11-8-12-14(16-6-7-19(12)17-11)18(9-13(20)21)15(3,4)5/h6-8,10H,9H2,1-5H3,(H,20,21). The predicted molar refractivity (Wildman–Crippen MR) is 81.8 cm³/mol. The van der Waals surface area contributed by atoms with Gasteiger partial charge in [0.15, 0.2) is 5.82 Å². The second-order valence-electron chi connectivity index (χ2n) is 6.46. The summed E-state index contributed by atoms with van der Waals surface area (Å²) in [7, 11) is 0. The van der Waals surface area contributed by atoms with Gasteiger partial charge in [-0.15, -0.1) is 0 Å². The molecular weight excluding hydrogens is 268 g/mol. The van der Waals surface area contributed by atoms with E-state index in [0.29, 0.717) is 11.7 Å². The van der Waals surface area contributed by atoms with Crippen molar-refractivity contribution in [3.63, 3.8) is 0 Å². The molecule has 0 atom stereocenters. The average molecular weight is 290 g/mol. The molecule has 0 fully saturated rings. The van der Waals surface area contributed by atoms with Gasteiger partial charge in [-0.1, -0.05) is 13.8 Å². The van der Waals surface area contributed by atoms with Crippen LogP contribution < -0.4 is 4.90 Å². The third-order valence-corrected chi connectivity index (χ3v) is 3.34. The Morgan fingerprint density at radius 1 is 1.43 bits per heavy atom. The molecule has 1 N–H and O–H groups in total. The normalized spacial score (nSPS) is 12.1. The van der Waals surface area contributed by atoms with Crippen molar-refractivity contribution in [3.8, 4) is 0 Å². The number of aliphatic carboxylic acids is 1. The fraction of sp³-hybridized carbons (Fsp3) is 0.533. The molecule has 0 aliphatic heterocycles. The molecule has 2 aromatic heterocycles. The van der Waals surface area contributed by atoms with Crippen LogP contribution in [0.1, 0.15) is 46.2 Å². The van der Waals surface area contributed by atoms with Gasteiger partial charge in [-0.2, -0.15) is 5.10 Å². The van der Waals surface area contributed by atoms with Crippen molar-refractivity contribution >= 4 is 17.3 Å². The molecule has 0 unspecified atom stereocenters. The summed E-state index contributed by atoms with van der Waals surface area (Å²) in [6.45, 7) is 9.97. The highest BCUT2D eigenvalue weighted by molar-refractivity contribution is 5.78. The maximum absolute atomic E-state index is 11.2. The van der Waals surface area contributed by atoms with Crippen LogP contribution in [-0.2, 0) is 4.79 Å². The van der Waals surface area contributed by atoms with E-state index in [1.165, 1.54) is 0 Å². The van der Waals surface area contributed by atoms with Gasteiger partial charge in [-0.25, -0.2) is 9.50 Å². The molecule has 0 amide bonds. The van der Waals surface area contributed by atoms with E-state index in [0.717, 1.165) is 11.2 Å². The molecular formula is C15H22N4O2. The highest BCUT2D eigenvalue weighted by Gasteiger charge is 2.27. The SMILES string of the molecule is CC(C)c1cc2c(N(CC(=O)O)C(C)(C)C)nccn2n1. The summed E-state index contributed by atoms with van der Waals surface area (Å²) in [6.07, 6.45) is 3.44. The summed E-state index contributed by atoms with van der Waals surface area (Å²) in [4.78, 5) is 17.4. The number of anilines is 1. The van der Waals surface area contributed by atoms with Gasteiger partial charge in [-0.3, -0.25) is 4.79 Å². The van der Waals surface area contributed by atoms with E-state index in [1.807, 2.05) is 26.8 Å². The minimum atomic E-state index is -0.877. The van der Waals surface area contributed by atoms with Crippen LogP contribution in [0.2, 0.25) is 0 Å². The fourth-order valence-corrected chi connectivity index (χ4v) is 2.18. The fourth-order valence-electron chi connectivity index (χ4n) is 2.18. The van der Waals surface area contributed by atoms with Crippen LogP contribution in [0.5, 0.6) is 0 Å². The lowest BCUT2D eigenvalue weighted by molar-refractivity contribution is -0.135. The topological polar surface area (TPSA) is 70.7 Å². The molecule has 0 saturated carbocycles. The Morgan fingerprint density at radius 3 is 2.62 bits per heavy atom. The van der Waals surface area contributed by atoms with Gasteiger partial charge in [0.05, 0.1) is 5.69 Å². The quantitative estimate of drug-likeness (QED) is 0.937. The maximum Gasteiger partial charge on any atom is 0.323 e. The lowest BCUT2D eigenvalue weighted by Gasteiger charge is -2.35. The number of hydrogen-bond donors (Lipinski definition) is 1. The van der Waals surface area contributed by atoms with Gasteiger partial charge in [-0.05, 0) is 32.8 Å². The molecule has 0 aromatic carbocycles. The lowest BCUT2D eigenvalue weighted by atomic mass is 10.1. The number of nitrogens with zero attached hydrogens (tertiary/aromatic N) is 4. The Hall–Kier alpha value is -2.11. The third-order valence-electron chi connectivity index (χ3n) is 3.34. The summed E-state index contributed by atoms with van der Waals surface area (Å²) in [6, 6.07) is 1.98. The van der Waals surface area contributed by atoms with Crippen molar-refractivity contribution in [1.29, 1.82) is 0 Å². The van der Waals surface area contributed by atoms with Gasteiger partial charge < -0.3 is 10.0 Å². The number of hydrogen-bond acceptors (Lipinski definition) is 4.